The van der Waals surface area contributed by atoms with E-state index in [0.717, 1.165) is 0 Å². The lowest BCUT2D eigenvalue weighted by Gasteiger charge is -1.85. The molecule has 74 valence electrons. The molecule has 0 spiro atoms. The Hall–Kier alpha value is -1.13. The zero-order valence-corrected chi connectivity index (χ0v) is 8.16. The third-order valence-corrected chi connectivity index (χ3v) is 1.04. The molecule has 1 N–H and O–H groups in total. The lowest BCUT2D eigenvalue weighted by atomic mass is 10.2. The van der Waals surface area contributed by atoms with E-state index in [2.05, 4.69) is 6.58 Å². The standard InChI is InChI=1S/C8H8.CH4O3S.H2/c1-2-8-6-4-3-5-7-8;1-5(2,3)4;/h2-7H,1H2;1H3,(H,2,3,4);1H. The van der Waals surface area contributed by atoms with E-state index < -0.39 is 10.1 Å². The first-order chi connectivity index (χ1) is 5.93. The van der Waals surface area contributed by atoms with Crippen LogP contribution in [0.25, 0.3) is 6.08 Å². The molecule has 0 unspecified atom stereocenters. The molecule has 13 heavy (non-hydrogen) atoms. The van der Waals surface area contributed by atoms with Gasteiger partial charge in [0.15, 0.2) is 0 Å². The second kappa shape index (κ2) is 5.50. The summed E-state index contributed by atoms with van der Waals surface area (Å²) in [5.41, 5.74) is 1.17. The van der Waals surface area contributed by atoms with Crippen molar-refractivity contribution in [1.29, 1.82) is 0 Å². The minimum atomic E-state index is -3.67. The van der Waals surface area contributed by atoms with Crippen LogP contribution < -0.4 is 0 Å². The number of hydrogen-bond donors (Lipinski definition) is 1. The Morgan fingerprint density at radius 2 is 1.77 bits per heavy atom. The molecule has 1 aromatic carbocycles. The van der Waals surface area contributed by atoms with E-state index in [1.54, 1.807) is 0 Å². The molecule has 0 aromatic heterocycles. The lowest BCUT2D eigenvalue weighted by molar-refractivity contribution is 0.490. The Balaban J connectivity index is 0. The van der Waals surface area contributed by atoms with Crippen molar-refractivity contribution in [1.82, 2.24) is 0 Å². The van der Waals surface area contributed by atoms with Crippen molar-refractivity contribution in [2.24, 2.45) is 0 Å². The molecule has 0 radical (unpaired) electrons. The first kappa shape index (κ1) is 11.9. The van der Waals surface area contributed by atoms with Gasteiger partial charge in [-0.15, -0.1) is 0 Å². The summed E-state index contributed by atoms with van der Waals surface area (Å²) in [5.74, 6) is 0. The Labute approximate surface area is 80.0 Å². The minimum absolute atomic E-state index is 0. The average Bonchev–Trinajstić information content (AvgIpc) is 2.03. The topological polar surface area (TPSA) is 54.4 Å². The molecular weight excluding hydrogens is 188 g/mol. The van der Waals surface area contributed by atoms with Crippen molar-refractivity contribution < 1.29 is 14.4 Å². The van der Waals surface area contributed by atoms with Gasteiger partial charge in [-0.2, -0.15) is 8.42 Å². The maximum atomic E-state index is 9.19. The SMILES string of the molecule is C=Cc1ccccc1.CS(=O)(=O)O.[HH]. The molecule has 4 heteroatoms. The minimum Gasteiger partial charge on any atom is -0.286 e. The molecule has 1 aromatic rings. The van der Waals surface area contributed by atoms with Gasteiger partial charge in [-0.1, -0.05) is 43.0 Å². The van der Waals surface area contributed by atoms with Crippen LogP contribution in [0, 0.1) is 0 Å². The largest absolute Gasteiger partial charge is 0.286 e. The number of rotatable bonds is 1. The molecule has 0 aliphatic rings. The van der Waals surface area contributed by atoms with Crippen molar-refractivity contribution in [2.45, 2.75) is 0 Å². The van der Waals surface area contributed by atoms with Gasteiger partial charge in [-0.3, -0.25) is 4.55 Å². The second-order valence-corrected chi connectivity index (χ2v) is 3.81. The maximum absolute atomic E-state index is 9.19. The van der Waals surface area contributed by atoms with E-state index in [1.165, 1.54) is 5.56 Å². The van der Waals surface area contributed by atoms with Crippen LogP contribution in [-0.4, -0.2) is 19.2 Å². The second-order valence-electron chi connectivity index (χ2n) is 2.35. The molecule has 0 fully saturated rings. The van der Waals surface area contributed by atoms with Crippen LogP contribution in [0.2, 0.25) is 0 Å². The van der Waals surface area contributed by atoms with Crippen LogP contribution >= 0.6 is 0 Å². The van der Waals surface area contributed by atoms with E-state index in [0.29, 0.717) is 6.26 Å². The summed E-state index contributed by atoms with van der Waals surface area (Å²) in [6.45, 7) is 3.63. The maximum Gasteiger partial charge on any atom is 0.261 e. The lowest BCUT2D eigenvalue weighted by Crippen LogP contribution is -1.88. The third-order valence-electron chi connectivity index (χ3n) is 1.04. The highest BCUT2D eigenvalue weighted by Gasteiger charge is 1.81. The first-order valence-corrected chi connectivity index (χ1v) is 5.38. The van der Waals surface area contributed by atoms with Gasteiger partial charge in [0.2, 0.25) is 0 Å². The van der Waals surface area contributed by atoms with Crippen molar-refractivity contribution in [3.63, 3.8) is 0 Å². The quantitative estimate of drug-likeness (QED) is 0.709. The van der Waals surface area contributed by atoms with Crippen molar-refractivity contribution >= 4 is 16.2 Å². The molecule has 1 rings (SSSR count). The monoisotopic (exact) mass is 202 g/mol. The summed E-state index contributed by atoms with van der Waals surface area (Å²) in [4.78, 5) is 0. The first-order valence-electron chi connectivity index (χ1n) is 3.53. The zero-order valence-electron chi connectivity index (χ0n) is 7.34. The van der Waals surface area contributed by atoms with Crippen molar-refractivity contribution in [3.8, 4) is 0 Å². The van der Waals surface area contributed by atoms with Crippen LogP contribution in [-0.2, 0) is 10.1 Å². The Kier molecular flexibility index (Phi) is 5.03. The van der Waals surface area contributed by atoms with Crippen LogP contribution in [0.1, 0.15) is 6.99 Å². The fourth-order valence-electron chi connectivity index (χ4n) is 0.589. The van der Waals surface area contributed by atoms with Gasteiger partial charge in [-0.05, 0) is 5.56 Å². The van der Waals surface area contributed by atoms with Gasteiger partial charge in [-0.25, -0.2) is 0 Å². The van der Waals surface area contributed by atoms with Gasteiger partial charge in [0.05, 0.1) is 6.26 Å². The summed E-state index contributed by atoms with van der Waals surface area (Å²) in [7, 11) is -3.67. The third kappa shape index (κ3) is 10.9. The Morgan fingerprint density at radius 1 is 1.38 bits per heavy atom. The van der Waals surface area contributed by atoms with E-state index in [9.17, 15) is 8.42 Å². The summed E-state index contributed by atoms with van der Waals surface area (Å²) in [6.07, 6.45) is 2.55. The number of hydrogen-bond acceptors (Lipinski definition) is 2. The smallest absolute Gasteiger partial charge is 0.261 e. The Morgan fingerprint density at radius 3 is 2.00 bits per heavy atom. The summed E-state index contributed by atoms with van der Waals surface area (Å²) in [6, 6.07) is 10.0. The molecule has 3 nitrogen and oxygen atoms in total. The van der Waals surface area contributed by atoms with Gasteiger partial charge < -0.3 is 0 Å². The molecular formula is C9H14O3S. The van der Waals surface area contributed by atoms with E-state index in [4.69, 9.17) is 4.55 Å². The normalized spacial score (nSPS) is 9.69. The highest BCUT2D eigenvalue weighted by Crippen LogP contribution is 1.97. The highest BCUT2D eigenvalue weighted by molar-refractivity contribution is 7.85. The van der Waals surface area contributed by atoms with Crippen LogP contribution in [0.5, 0.6) is 0 Å². The van der Waals surface area contributed by atoms with Gasteiger partial charge in [0.25, 0.3) is 10.1 Å². The van der Waals surface area contributed by atoms with Crippen LogP contribution in [0.3, 0.4) is 0 Å². The summed E-state index contributed by atoms with van der Waals surface area (Å²) in [5, 5.41) is 0. The predicted molar refractivity (Wildman–Crippen MR) is 56.1 cm³/mol. The molecule has 0 saturated carbocycles. The molecule has 0 aliphatic heterocycles. The van der Waals surface area contributed by atoms with Crippen LogP contribution in [0.4, 0.5) is 0 Å². The predicted octanol–water partition coefficient (Wildman–Crippen LogP) is 2.08. The zero-order chi connectivity index (χ0) is 10.3. The van der Waals surface area contributed by atoms with Gasteiger partial charge >= 0.3 is 0 Å². The molecule has 0 bridgehead atoms. The summed E-state index contributed by atoms with van der Waals surface area (Å²) >= 11 is 0. The molecule has 0 atom stereocenters. The Bertz CT molecular complexity index is 338. The molecule has 0 heterocycles. The fourth-order valence-corrected chi connectivity index (χ4v) is 0.589. The fraction of sp³-hybridized carbons (Fsp3) is 0.111. The highest BCUT2D eigenvalue weighted by atomic mass is 32.2. The van der Waals surface area contributed by atoms with Gasteiger partial charge in [0.1, 0.15) is 0 Å². The van der Waals surface area contributed by atoms with Gasteiger partial charge in [0, 0.05) is 1.43 Å². The summed E-state index contributed by atoms with van der Waals surface area (Å²) < 4.78 is 25.9. The average molecular weight is 202 g/mol. The molecule has 0 amide bonds. The molecule has 0 aliphatic carbocycles. The van der Waals surface area contributed by atoms with Crippen molar-refractivity contribution in [2.75, 3.05) is 6.26 Å². The van der Waals surface area contributed by atoms with E-state index >= 15 is 0 Å². The van der Waals surface area contributed by atoms with Crippen molar-refractivity contribution in [3.05, 3.63) is 42.5 Å². The van der Waals surface area contributed by atoms with E-state index in [-0.39, 0.29) is 1.43 Å². The van der Waals surface area contributed by atoms with E-state index in [1.807, 2.05) is 36.4 Å². The number of benzene rings is 1. The van der Waals surface area contributed by atoms with Crippen LogP contribution in [0.15, 0.2) is 36.9 Å². The molecule has 0 saturated heterocycles.